The topological polar surface area (TPSA) is 102 Å². The van der Waals surface area contributed by atoms with Gasteiger partial charge in [-0.25, -0.2) is 4.39 Å². The lowest BCUT2D eigenvalue weighted by atomic mass is 10.0. The maximum Gasteiger partial charge on any atom is 0.238 e. The molecule has 1 fully saturated rings. The highest BCUT2D eigenvalue weighted by Gasteiger charge is 2.16. The lowest BCUT2D eigenvalue weighted by Gasteiger charge is -2.15. The quantitative estimate of drug-likeness (QED) is 0.161. The van der Waals surface area contributed by atoms with E-state index in [9.17, 15) is 9.18 Å². The fourth-order valence-electron chi connectivity index (χ4n) is 6.19. The molecule has 9 nitrogen and oxygen atoms in total. The van der Waals surface area contributed by atoms with E-state index in [-0.39, 0.29) is 18.3 Å². The molecule has 1 aliphatic rings. The number of likely N-dealkylation sites (tertiary alicyclic amines) is 1. The summed E-state index contributed by atoms with van der Waals surface area (Å²) in [6, 6.07) is 20.9. The smallest absolute Gasteiger partial charge is 0.238 e. The number of hydrogen-bond acceptors (Lipinski definition) is 6. The van der Waals surface area contributed by atoms with Crippen LogP contribution in [-0.4, -0.2) is 82.8 Å². The highest BCUT2D eigenvalue weighted by molar-refractivity contribution is 6.02. The Hall–Kier alpha value is -5.06. The summed E-state index contributed by atoms with van der Waals surface area (Å²) in [6.45, 7) is 3.86. The number of benzene rings is 3. The van der Waals surface area contributed by atoms with Crippen LogP contribution in [0.3, 0.4) is 0 Å². The van der Waals surface area contributed by atoms with Crippen molar-refractivity contribution in [3.63, 3.8) is 0 Å². The number of H-pyrrole nitrogens is 2. The molecule has 4 heterocycles. The molecule has 1 aliphatic heterocycles. The van der Waals surface area contributed by atoms with E-state index in [0.29, 0.717) is 18.0 Å². The number of halogens is 1. The van der Waals surface area contributed by atoms with Crippen LogP contribution in [0.2, 0.25) is 0 Å². The monoisotopic (exact) mass is 617 g/mol. The maximum absolute atomic E-state index is 14.8. The average Bonchev–Trinajstić information content (AvgIpc) is 3.80. The fourth-order valence-corrected chi connectivity index (χ4v) is 6.19. The van der Waals surface area contributed by atoms with Crippen LogP contribution in [0.4, 0.5) is 10.1 Å². The van der Waals surface area contributed by atoms with Crippen molar-refractivity contribution in [3.8, 4) is 39.4 Å². The highest BCUT2D eigenvalue weighted by atomic mass is 19.1. The third-order valence-electron chi connectivity index (χ3n) is 8.35. The van der Waals surface area contributed by atoms with Gasteiger partial charge >= 0.3 is 0 Å². The van der Waals surface area contributed by atoms with E-state index in [0.717, 1.165) is 75.1 Å². The second-order valence-electron chi connectivity index (χ2n) is 12.1. The van der Waals surface area contributed by atoms with Crippen molar-refractivity contribution in [2.75, 3.05) is 52.2 Å². The van der Waals surface area contributed by atoms with Gasteiger partial charge < -0.3 is 19.9 Å². The number of carbonyl (C=O) groups excluding carboxylic acids is 1. The van der Waals surface area contributed by atoms with Crippen LogP contribution in [0.15, 0.2) is 79.1 Å². The molecule has 0 unspecified atom stereocenters. The van der Waals surface area contributed by atoms with Gasteiger partial charge in [-0.3, -0.25) is 19.8 Å². The van der Waals surface area contributed by atoms with E-state index < -0.39 is 0 Å². The first-order chi connectivity index (χ1) is 22.4. The number of ether oxygens (including phenoxy) is 1. The van der Waals surface area contributed by atoms with Crippen molar-refractivity contribution < 1.29 is 13.9 Å². The molecule has 0 saturated carbocycles. The van der Waals surface area contributed by atoms with Crippen molar-refractivity contribution in [1.29, 1.82) is 0 Å². The summed E-state index contributed by atoms with van der Waals surface area (Å²) in [4.78, 5) is 24.4. The van der Waals surface area contributed by atoms with E-state index >= 15 is 0 Å². The molecule has 7 rings (SSSR count). The summed E-state index contributed by atoms with van der Waals surface area (Å²) in [5.41, 5.74) is 7.54. The number of nitrogens with one attached hydrogen (secondary N) is 3. The number of anilines is 1. The van der Waals surface area contributed by atoms with Crippen molar-refractivity contribution in [2.45, 2.75) is 12.8 Å². The van der Waals surface area contributed by atoms with Gasteiger partial charge in [0.1, 0.15) is 23.9 Å². The predicted molar refractivity (Wildman–Crippen MR) is 180 cm³/mol. The van der Waals surface area contributed by atoms with Gasteiger partial charge in [0, 0.05) is 40.7 Å². The Kier molecular flexibility index (Phi) is 8.21. The molecular weight excluding hydrogens is 581 g/mol. The van der Waals surface area contributed by atoms with Gasteiger partial charge in [0.05, 0.1) is 29.6 Å². The maximum atomic E-state index is 14.8. The molecule has 0 radical (unpaired) electrons. The number of carbonyl (C=O) groups is 1. The Bertz CT molecular complexity index is 2030. The van der Waals surface area contributed by atoms with E-state index in [1.807, 2.05) is 61.5 Å². The van der Waals surface area contributed by atoms with Crippen molar-refractivity contribution in [3.05, 3.63) is 84.9 Å². The summed E-state index contributed by atoms with van der Waals surface area (Å²) in [5.74, 6) is 0.0981. The third-order valence-corrected chi connectivity index (χ3v) is 8.35. The Morgan fingerprint density at radius 2 is 1.83 bits per heavy atom. The number of fused-ring (bicyclic) bond motifs is 2. The zero-order valence-corrected chi connectivity index (χ0v) is 25.9. The number of aromatic amines is 2. The normalized spacial score (nSPS) is 13.7. The van der Waals surface area contributed by atoms with Gasteiger partial charge in [-0.1, -0.05) is 18.2 Å². The number of nitrogens with zero attached hydrogens (tertiary/aromatic N) is 4. The van der Waals surface area contributed by atoms with Crippen LogP contribution in [0.5, 0.6) is 5.75 Å². The molecule has 46 heavy (non-hydrogen) atoms. The van der Waals surface area contributed by atoms with Crippen LogP contribution >= 0.6 is 0 Å². The van der Waals surface area contributed by atoms with Crippen molar-refractivity contribution in [1.82, 2.24) is 30.0 Å². The number of hydrogen-bond donors (Lipinski definition) is 3. The third kappa shape index (κ3) is 6.35. The van der Waals surface area contributed by atoms with Crippen LogP contribution < -0.4 is 10.1 Å². The molecule has 0 spiro atoms. The molecular formula is C36H36FN7O2. The second kappa shape index (κ2) is 12.7. The van der Waals surface area contributed by atoms with Gasteiger partial charge in [-0.05, 0) is 99.2 Å². The van der Waals surface area contributed by atoms with Gasteiger partial charge in [-0.2, -0.15) is 5.10 Å². The number of amides is 1. The summed E-state index contributed by atoms with van der Waals surface area (Å²) in [5, 5.41) is 12.6. The van der Waals surface area contributed by atoms with E-state index in [4.69, 9.17) is 4.74 Å². The molecule has 1 amide bonds. The van der Waals surface area contributed by atoms with Gasteiger partial charge in [-0.15, -0.1) is 0 Å². The largest absolute Gasteiger partial charge is 0.492 e. The van der Waals surface area contributed by atoms with Crippen LogP contribution in [0.25, 0.3) is 55.4 Å². The highest BCUT2D eigenvalue weighted by Crippen LogP contribution is 2.36. The molecule has 0 atom stereocenters. The predicted octanol–water partition coefficient (Wildman–Crippen LogP) is 6.55. The molecule has 234 valence electrons. The van der Waals surface area contributed by atoms with Gasteiger partial charge in [0.15, 0.2) is 0 Å². The first kappa shape index (κ1) is 29.6. The number of aromatic nitrogens is 4. The molecule has 3 aromatic heterocycles. The average molecular weight is 618 g/mol. The molecule has 10 heteroatoms. The first-order valence-corrected chi connectivity index (χ1v) is 15.6. The lowest BCUT2D eigenvalue weighted by Crippen LogP contribution is -2.27. The van der Waals surface area contributed by atoms with E-state index in [1.165, 1.54) is 18.9 Å². The number of rotatable bonds is 10. The minimum absolute atomic E-state index is 0.103. The summed E-state index contributed by atoms with van der Waals surface area (Å²) < 4.78 is 20.8. The van der Waals surface area contributed by atoms with E-state index in [2.05, 4.69) is 42.5 Å². The molecule has 6 aromatic rings. The zero-order valence-electron chi connectivity index (χ0n) is 25.9. The lowest BCUT2D eigenvalue weighted by molar-refractivity contribution is -0.116. The molecule has 1 saturated heterocycles. The van der Waals surface area contributed by atoms with Crippen molar-refractivity contribution >= 4 is 33.4 Å². The SMILES string of the molecule is CN(C)CC(=O)Nc1cncc(-c2ccc3[nH]nc(-c4cc5c(-c6cc(F)cc(OCCN7CCCC7)c6)cccc5[nH]4)c3c2)c1. The van der Waals surface area contributed by atoms with Crippen molar-refractivity contribution in [2.24, 2.45) is 0 Å². The second-order valence-corrected chi connectivity index (χ2v) is 12.1. The van der Waals surface area contributed by atoms with E-state index in [1.54, 1.807) is 18.5 Å². The van der Waals surface area contributed by atoms with Gasteiger partial charge in [0.2, 0.25) is 5.91 Å². The molecule has 0 bridgehead atoms. The first-order valence-electron chi connectivity index (χ1n) is 15.6. The Balaban J connectivity index is 1.18. The van der Waals surface area contributed by atoms with Crippen LogP contribution in [0.1, 0.15) is 12.8 Å². The molecule has 3 aromatic carbocycles. The summed E-state index contributed by atoms with van der Waals surface area (Å²) in [7, 11) is 3.70. The summed E-state index contributed by atoms with van der Waals surface area (Å²) >= 11 is 0. The van der Waals surface area contributed by atoms with Crippen LogP contribution in [-0.2, 0) is 4.79 Å². The minimum Gasteiger partial charge on any atom is -0.492 e. The summed E-state index contributed by atoms with van der Waals surface area (Å²) in [6.07, 6.45) is 5.88. The Morgan fingerprint density at radius 3 is 2.67 bits per heavy atom. The molecule has 3 N–H and O–H groups in total. The minimum atomic E-state index is -0.330. The zero-order chi connectivity index (χ0) is 31.6. The number of likely N-dealkylation sites (N-methyl/N-ethyl adjacent to an activating group) is 1. The molecule has 0 aliphatic carbocycles. The Morgan fingerprint density at radius 1 is 0.957 bits per heavy atom. The van der Waals surface area contributed by atoms with Gasteiger partial charge in [0.25, 0.3) is 0 Å². The fraction of sp³-hybridized carbons (Fsp3) is 0.250. The number of pyridine rings is 1. The standard InChI is InChI=1S/C36H36FN7O2/c1-43(2)22-35(45)39-27-15-25(20-38-21-27)23-8-9-33-31(17-23)36(42-41-33)34-19-30-29(6-5-7-32(30)40-34)24-14-26(37)18-28(16-24)46-13-12-44-10-3-4-11-44/h5-9,14-21,40H,3-4,10-13,22H2,1-2H3,(H,39,45)(H,41,42). The van der Waals surface area contributed by atoms with Crippen LogP contribution in [0, 0.1) is 5.82 Å². The Labute approximate surface area is 266 Å².